The summed E-state index contributed by atoms with van der Waals surface area (Å²) in [6.45, 7) is 0. The van der Waals surface area contributed by atoms with Crippen molar-refractivity contribution in [1.82, 2.24) is 10.1 Å². The minimum absolute atomic E-state index is 0.00234. The van der Waals surface area contributed by atoms with E-state index in [-0.39, 0.29) is 23.7 Å². The highest BCUT2D eigenvalue weighted by Crippen LogP contribution is 2.23. The molecule has 7 nitrogen and oxygen atoms in total. The van der Waals surface area contributed by atoms with E-state index in [0.717, 1.165) is 12.1 Å². The van der Waals surface area contributed by atoms with Crippen molar-refractivity contribution in [3.63, 3.8) is 0 Å². The Morgan fingerprint density at radius 2 is 1.77 bits per heavy atom. The van der Waals surface area contributed by atoms with Gasteiger partial charge >= 0.3 is 0 Å². The van der Waals surface area contributed by atoms with Crippen molar-refractivity contribution in [2.45, 2.75) is 12.2 Å². The molecule has 0 spiro atoms. The Morgan fingerprint density at radius 1 is 1.00 bits per heavy atom. The minimum Gasteiger partial charge on any atom is -0.461 e. The molecule has 0 aliphatic rings. The van der Waals surface area contributed by atoms with Crippen LogP contribution < -0.4 is 4.72 Å². The Labute approximate surface area is 170 Å². The monoisotopic (exact) mass is 431 g/mol. The average Bonchev–Trinajstić information content (AvgIpc) is 3.33. The molecule has 2 aromatic carbocycles. The molecule has 0 saturated carbocycles. The van der Waals surface area contributed by atoms with E-state index in [4.69, 9.17) is 8.94 Å². The lowest BCUT2D eigenvalue weighted by molar-refractivity contribution is 0.384. The zero-order valence-corrected chi connectivity index (χ0v) is 16.2. The Hall–Kier alpha value is -3.53. The maximum atomic E-state index is 13.4. The van der Waals surface area contributed by atoms with Crippen LogP contribution in [0.15, 0.2) is 69.8 Å². The second-order valence-electron chi connectivity index (χ2n) is 6.46. The molecule has 2 heterocycles. The average molecular weight is 431 g/mol. The highest BCUT2D eigenvalue weighted by molar-refractivity contribution is 7.91. The smallest absolute Gasteiger partial charge is 0.238 e. The van der Waals surface area contributed by atoms with Crippen molar-refractivity contribution in [2.24, 2.45) is 0 Å². The fourth-order valence-electron chi connectivity index (χ4n) is 2.89. The quantitative estimate of drug-likeness (QED) is 0.472. The van der Waals surface area contributed by atoms with Crippen molar-refractivity contribution >= 4 is 15.7 Å². The number of nitrogens with zero attached hydrogens (tertiary/aromatic N) is 2. The van der Waals surface area contributed by atoms with Crippen molar-refractivity contribution < 1.29 is 26.1 Å². The van der Waals surface area contributed by atoms with Gasteiger partial charge in [0.05, 0.1) is 24.1 Å². The third-order valence-electron chi connectivity index (χ3n) is 4.11. The number of hydrogen-bond donors (Lipinski definition) is 1. The van der Waals surface area contributed by atoms with Crippen LogP contribution in [0.5, 0.6) is 0 Å². The van der Waals surface area contributed by atoms with Gasteiger partial charge < -0.3 is 8.94 Å². The van der Waals surface area contributed by atoms with Gasteiger partial charge in [0.2, 0.25) is 21.7 Å². The number of nitrogens with one attached hydrogen (secondary N) is 1. The van der Waals surface area contributed by atoms with Gasteiger partial charge in [-0.15, -0.1) is 0 Å². The molecule has 0 amide bonds. The molecule has 0 unspecified atom stereocenters. The normalized spacial score (nSPS) is 11.5. The number of rotatable bonds is 7. The Morgan fingerprint density at radius 3 is 2.50 bits per heavy atom. The van der Waals surface area contributed by atoms with E-state index in [1.807, 2.05) is 0 Å². The lowest BCUT2D eigenvalue weighted by atomic mass is 10.1. The van der Waals surface area contributed by atoms with E-state index in [9.17, 15) is 17.2 Å². The van der Waals surface area contributed by atoms with Crippen LogP contribution in [0, 0.1) is 11.6 Å². The molecule has 0 saturated heterocycles. The molecular formula is C20H15F2N3O4S. The lowest BCUT2D eigenvalue weighted by Gasteiger charge is -2.12. The number of benzene rings is 2. The van der Waals surface area contributed by atoms with Crippen LogP contribution in [0.4, 0.5) is 14.5 Å². The van der Waals surface area contributed by atoms with Crippen LogP contribution in [0.3, 0.4) is 0 Å². The first-order valence-electron chi connectivity index (χ1n) is 8.78. The van der Waals surface area contributed by atoms with Crippen LogP contribution >= 0.6 is 0 Å². The molecule has 30 heavy (non-hydrogen) atoms. The maximum Gasteiger partial charge on any atom is 0.238 e. The number of sulfonamides is 1. The zero-order chi connectivity index (χ0) is 21.1. The number of para-hydroxylation sites is 1. The molecule has 154 valence electrons. The molecule has 10 heteroatoms. The first-order valence-corrected chi connectivity index (χ1v) is 10.4. The number of halogens is 2. The van der Waals surface area contributed by atoms with Gasteiger partial charge in [-0.25, -0.2) is 17.2 Å². The molecule has 1 N–H and O–H groups in total. The summed E-state index contributed by atoms with van der Waals surface area (Å²) in [5.74, 6) is -1.28. The summed E-state index contributed by atoms with van der Waals surface area (Å²) in [5.41, 5.74) is 0.880. The Kier molecular flexibility index (Phi) is 5.32. The molecule has 0 radical (unpaired) electrons. The summed E-state index contributed by atoms with van der Waals surface area (Å²) < 4.78 is 64.7. The molecule has 0 atom stereocenters. The first kappa shape index (κ1) is 19.8. The van der Waals surface area contributed by atoms with Crippen LogP contribution in [0.25, 0.3) is 11.6 Å². The number of anilines is 1. The highest BCUT2D eigenvalue weighted by atomic mass is 32.2. The fourth-order valence-corrected chi connectivity index (χ4v) is 4.10. The summed E-state index contributed by atoms with van der Waals surface area (Å²) in [6, 6.07) is 12.7. The van der Waals surface area contributed by atoms with Crippen molar-refractivity contribution in [2.75, 3.05) is 4.72 Å². The Balaban J connectivity index is 1.53. The van der Waals surface area contributed by atoms with E-state index >= 15 is 0 Å². The van der Waals surface area contributed by atoms with E-state index in [2.05, 4.69) is 14.9 Å². The second-order valence-corrected chi connectivity index (χ2v) is 8.18. The van der Waals surface area contributed by atoms with Crippen LogP contribution in [0.2, 0.25) is 0 Å². The van der Waals surface area contributed by atoms with Gasteiger partial charge in [0.25, 0.3) is 0 Å². The summed E-state index contributed by atoms with van der Waals surface area (Å²) in [4.78, 5) is 4.24. The summed E-state index contributed by atoms with van der Waals surface area (Å²) >= 11 is 0. The minimum atomic E-state index is -3.93. The van der Waals surface area contributed by atoms with Gasteiger partial charge in [0, 0.05) is 6.07 Å². The SMILES string of the molecule is O=S(=O)(Cc1cc(F)cc(F)c1)Nc1ccccc1Cc1nc(-c2ccco2)no1. The predicted octanol–water partition coefficient (Wildman–Crippen LogP) is 4.14. The van der Waals surface area contributed by atoms with Crippen LogP contribution in [-0.4, -0.2) is 18.6 Å². The first-order chi connectivity index (χ1) is 14.4. The van der Waals surface area contributed by atoms with Gasteiger partial charge in [-0.05, 0) is 41.5 Å². The summed E-state index contributed by atoms with van der Waals surface area (Å²) in [7, 11) is -3.93. The molecule has 4 rings (SSSR count). The maximum absolute atomic E-state index is 13.4. The predicted molar refractivity (Wildman–Crippen MR) is 104 cm³/mol. The van der Waals surface area contributed by atoms with Gasteiger partial charge in [0.1, 0.15) is 11.6 Å². The van der Waals surface area contributed by atoms with Gasteiger partial charge in [-0.1, -0.05) is 23.4 Å². The lowest BCUT2D eigenvalue weighted by Crippen LogP contribution is -2.16. The van der Waals surface area contributed by atoms with E-state index < -0.39 is 27.4 Å². The molecule has 4 aromatic rings. The summed E-state index contributed by atoms with van der Waals surface area (Å²) in [6.07, 6.45) is 1.65. The molecular weight excluding hydrogens is 416 g/mol. The Bertz CT molecular complexity index is 1250. The van der Waals surface area contributed by atoms with Crippen molar-refractivity contribution in [3.05, 3.63) is 89.5 Å². The fraction of sp³-hybridized carbons (Fsp3) is 0.100. The van der Waals surface area contributed by atoms with Gasteiger partial charge in [0.15, 0.2) is 5.76 Å². The van der Waals surface area contributed by atoms with Crippen LogP contribution in [0.1, 0.15) is 17.0 Å². The third kappa shape index (κ3) is 4.71. The van der Waals surface area contributed by atoms with Gasteiger partial charge in [-0.3, -0.25) is 4.72 Å². The third-order valence-corrected chi connectivity index (χ3v) is 5.36. The molecule has 0 aliphatic heterocycles. The molecule has 0 aliphatic carbocycles. The van der Waals surface area contributed by atoms with E-state index in [1.165, 1.54) is 6.26 Å². The largest absolute Gasteiger partial charge is 0.461 e. The number of aromatic nitrogens is 2. The van der Waals surface area contributed by atoms with Gasteiger partial charge in [-0.2, -0.15) is 4.98 Å². The van der Waals surface area contributed by atoms with Crippen molar-refractivity contribution in [3.8, 4) is 11.6 Å². The van der Waals surface area contributed by atoms with E-state index in [0.29, 0.717) is 23.1 Å². The standard InChI is InChI=1S/C20H15F2N3O4S/c21-15-8-13(9-16(22)11-15)12-30(26,27)25-17-5-2-1-4-14(17)10-19-23-20(24-29-19)18-6-3-7-28-18/h1-9,11,25H,10,12H2. The second kappa shape index (κ2) is 8.07. The molecule has 0 fully saturated rings. The molecule has 2 aromatic heterocycles. The van der Waals surface area contributed by atoms with Crippen molar-refractivity contribution in [1.29, 1.82) is 0 Å². The highest BCUT2D eigenvalue weighted by Gasteiger charge is 2.17. The van der Waals surface area contributed by atoms with E-state index in [1.54, 1.807) is 36.4 Å². The molecule has 0 bridgehead atoms. The number of furan rings is 1. The number of hydrogen-bond acceptors (Lipinski definition) is 6. The summed E-state index contributed by atoms with van der Waals surface area (Å²) in [5, 5.41) is 3.84. The zero-order valence-electron chi connectivity index (χ0n) is 15.4. The topological polar surface area (TPSA) is 98.2 Å². The van der Waals surface area contributed by atoms with Crippen LogP contribution in [-0.2, 0) is 22.2 Å².